The van der Waals surface area contributed by atoms with Crippen LogP contribution in [0.2, 0.25) is 0 Å². The van der Waals surface area contributed by atoms with Gasteiger partial charge in [0.05, 0.1) is 11.0 Å². The summed E-state index contributed by atoms with van der Waals surface area (Å²) < 4.78 is 2.20. The number of aromatic nitrogens is 4. The lowest BCUT2D eigenvalue weighted by Crippen LogP contribution is -2.07. The van der Waals surface area contributed by atoms with Crippen LogP contribution in [0.4, 0.5) is 0 Å². The monoisotopic (exact) mass is 710 g/mol. The second-order valence-corrected chi connectivity index (χ2v) is 16.4. The van der Waals surface area contributed by atoms with Crippen molar-refractivity contribution in [2.45, 2.75) is 19.6 Å². The van der Waals surface area contributed by atoms with Crippen molar-refractivity contribution in [3.05, 3.63) is 206 Å². The summed E-state index contributed by atoms with van der Waals surface area (Å²) in [6.45, 7) is 0. The molecule has 0 spiro atoms. The van der Waals surface area contributed by atoms with Crippen LogP contribution in [0.1, 0.15) is 0 Å². The fourth-order valence-corrected chi connectivity index (χ4v) is 11.7. The third-order valence-electron chi connectivity index (χ3n) is 10.2. The third-order valence-corrected chi connectivity index (χ3v) is 14.1. The molecule has 10 rings (SSSR count). The van der Waals surface area contributed by atoms with Crippen molar-refractivity contribution in [3.63, 3.8) is 0 Å². The van der Waals surface area contributed by atoms with E-state index < -0.39 is 10.0 Å². The van der Waals surface area contributed by atoms with Crippen molar-refractivity contribution in [1.29, 1.82) is 0 Å². The first kappa shape index (κ1) is 31.9. The zero-order valence-electron chi connectivity index (χ0n) is 29.3. The average molecular weight is 711 g/mol. The molecule has 0 fully saturated rings. The van der Waals surface area contributed by atoms with Crippen molar-refractivity contribution in [2.24, 2.45) is 0 Å². The van der Waals surface area contributed by atoms with Crippen molar-refractivity contribution in [1.82, 2.24) is 19.5 Å². The molecule has 0 saturated carbocycles. The van der Waals surface area contributed by atoms with E-state index in [4.69, 9.17) is 15.0 Å². The lowest BCUT2D eigenvalue weighted by molar-refractivity contribution is 0.953. The van der Waals surface area contributed by atoms with E-state index in [0.29, 0.717) is 17.6 Å². The van der Waals surface area contributed by atoms with Gasteiger partial charge in [0.25, 0.3) is 0 Å². The van der Waals surface area contributed by atoms with E-state index in [2.05, 4.69) is 193 Å². The minimum absolute atomic E-state index is 0.582. The van der Waals surface area contributed by atoms with Gasteiger partial charge in [0, 0.05) is 41.5 Å². The van der Waals surface area contributed by atoms with E-state index in [-0.39, 0.29) is 0 Å². The Kier molecular flexibility index (Phi) is 7.85. The molecule has 54 heavy (non-hydrogen) atoms. The smallest absolute Gasteiger partial charge is 0.238 e. The van der Waals surface area contributed by atoms with Gasteiger partial charge in [-0.05, 0) is 71.4 Å². The Balaban J connectivity index is 1.25. The summed E-state index contributed by atoms with van der Waals surface area (Å²) in [5.41, 5.74) is 3.97. The first-order valence-corrected chi connectivity index (χ1v) is 19.7. The Morgan fingerprint density at radius 1 is 0.352 bits per heavy atom. The molecule has 0 amide bonds. The summed E-state index contributed by atoms with van der Waals surface area (Å²) in [6.07, 6.45) is 0. The molecule has 4 nitrogen and oxygen atoms in total. The second kappa shape index (κ2) is 13.3. The lowest BCUT2D eigenvalue weighted by Gasteiger charge is -2.42. The summed E-state index contributed by atoms with van der Waals surface area (Å²) >= 11 is 0. The van der Waals surface area contributed by atoms with E-state index in [0.717, 1.165) is 27.5 Å². The van der Waals surface area contributed by atoms with Gasteiger partial charge in [-0.25, -0.2) is 4.98 Å². The van der Waals surface area contributed by atoms with Gasteiger partial charge in [0.2, 0.25) is 5.95 Å². The number of fused-ring (bicyclic) bond motifs is 5. The van der Waals surface area contributed by atoms with Crippen molar-refractivity contribution >= 4 is 42.6 Å². The van der Waals surface area contributed by atoms with Crippen molar-refractivity contribution in [3.8, 4) is 28.7 Å². The normalized spacial score (nSPS) is 12.0. The van der Waals surface area contributed by atoms with Crippen LogP contribution in [0, 0.1) is 0 Å². The molecule has 5 heteroatoms. The number of hydrogen-bond donors (Lipinski definition) is 0. The van der Waals surface area contributed by atoms with Crippen LogP contribution in [0.5, 0.6) is 0 Å². The summed E-state index contributed by atoms with van der Waals surface area (Å²) in [5.74, 6) is 1.83. The maximum Gasteiger partial charge on any atom is 0.238 e. The van der Waals surface area contributed by atoms with Gasteiger partial charge < -0.3 is 0 Å². The SMILES string of the molecule is c1ccc(-c2nc(-c3cccc(S(c4ccccc4)(c4ccccc4)c4ccccc4)c3)nc(-n3c4ccccc4c4c5ccccc5ccc43)n2)cc1. The molecule has 0 radical (unpaired) electrons. The molecule has 10 aromatic rings. The number of hydrogen-bond acceptors (Lipinski definition) is 3. The molecule has 0 N–H and O–H groups in total. The molecule has 2 heterocycles. The minimum atomic E-state index is -1.91. The Morgan fingerprint density at radius 2 is 0.852 bits per heavy atom. The highest BCUT2D eigenvalue weighted by molar-refractivity contribution is 8.34. The molecular formula is C49H34N4S. The number of nitrogens with zero attached hydrogens (tertiary/aromatic N) is 4. The molecule has 0 saturated heterocycles. The number of benzene rings is 8. The highest BCUT2D eigenvalue weighted by atomic mass is 32.3. The largest absolute Gasteiger partial charge is 0.278 e. The highest BCUT2D eigenvalue weighted by Gasteiger charge is 2.33. The van der Waals surface area contributed by atoms with Gasteiger partial charge in [-0.2, -0.15) is 9.97 Å². The van der Waals surface area contributed by atoms with Gasteiger partial charge in [-0.3, -0.25) is 4.57 Å². The standard InChI is InChI=1S/C49H34N4S/c1-5-19-36(20-6-1)47-50-48(52-49(51-47)53-44-31-16-15-30-43(44)46-42-29-14-13-18-35(42)32-33-45(46)53)37-21-17-28-41(34-37)54(38-22-7-2-8-23-38,39-24-9-3-10-25-39)40-26-11-4-12-27-40/h1-34H. The Morgan fingerprint density at radius 3 is 1.50 bits per heavy atom. The average Bonchev–Trinajstić information content (AvgIpc) is 3.60. The van der Waals surface area contributed by atoms with E-state index in [1.807, 2.05) is 18.2 Å². The predicted molar refractivity (Wildman–Crippen MR) is 223 cm³/mol. The Hall–Kier alpha value is -6.82. The number of para-hydroxylation sites is 1. The first-order chi connectivity index (χ1) is 26.8. The van der Waals surface area contributed by atoms with Gasteiger partial charge in [-0.1, -0.05) is 146 Å². The van der Waals surface area contributed by atoms with E-state index in [1.54, 1.807) is 0 Å². The maximum atomic E-state index is 5.34. The van der Waals surface area contributed by atoms with Gasteiger partial charge in [0.1, 0.15) is 0 Å². The third kappa shape index (κ3) is 5.20. The molecule has 0 bridgehead atoms. The van der Waals surface area contributed by atoms with Crippen LogP contribution in [0.15, 0.2) is 226 Å². The van der Waals surface area contributed by atoms with Crippen molar-refractivity contribution < 1.29 is 0 Å². The molecule has 0 aliphatic carbocycles. The summed E-state index contributed by atoms with van der Waals surface area (Å²) in [4.78, 5) is 20.8. The van der Waals surface area contributed by atoms with Gasteiger partial charge >= 0.3 is 0 Å². The molecule has 0 aliphatic rings. The van der Waals surface area contributed by atoms with Crippen LogP contribution in [-0.4, -0.2) is 19.5 Å². The quantitative estimate of drug-likeness (QED) is 0.165. The summed E-state index contributed by atoms with van der Waals surface area (Å²) in [6, 6.07) is 73.3. The van der Waals surface area contributed by atoms with Gasteiger partial charge in [-0.15, -0.1) is 10.0 Å². The van der Waals surface area contributed by atoms with Crippen LogP contribution in [0.3, 0.4) is 0 Å². The molecular weight excluding hydrogens is 677 g/mol. The molecule has 0 atom stereocenters. The number of rotatable bonds is 7. The van der Waals surface area contributed by atoms with Crippen LogP contribution in [-0.2, 0) is 0 Å². The molecule has 8 aromatic carbocycles. The maximum absolute atomic E-state index is 5.34. The van der Waals surface area contributed by atoms with Crippen molar-refractivity contribution in [2.75, 3.05) is 0 Å². The van der Waals surface area contributed by atoms with Crippen LogP contribution < -0.4 is 0 Å². The molecule has 2 aromatic heterocycles. The molecule has 0 aliphatic heterocycles. The van der Waals surface area contributed by atoms with E-state index >= 15 is 0 Å². The molecule has 256 valence electrons. The Bertz CT molecular complexity index is 2830. The fourth-order valence-electron chi connectivity index (χ4n) is 7.78. The fraction of sp³-hybridized carbons (Fsp3) is 0. The topological polar surface area (TPSA) is 43.6 Å². The van der Waals surface area contributed by atoms with Crippen LogP contribution in [0.25, 0.3) is 61.3 Å². The predicted octanol–water partition coefficient (Wildman–Crippen LogP) is 12.8. The van der Waals surface area contributed by atoms with E-state index in [9.17, 15) is 0 Å². The van der Waals surface area contributed by atoms with Gasteiger partial charge in [0.15, 0.2) is 11.6 Å². The summed E-state index contributed by atoms with van der Waals surface area (Å²) in [5, 5.41) is 4.76. The zero-order valence-corrected chi connectivity index (χ0v) is 30.1. The Labute approximate surface area is 315 Å². The minimum Gasteiger partial charge on any atom is -0.278 e. The lowest BCUT2D eigenvalue weighted by atomic mass is 10.0. The van der Waals surface area contributed by atoms with E-state index in [1.165, 1.54) is 35.7 Å². The second-order valence-electron chi connectivity index (χ2n) is 13.3. The molecule has 0 unspecified atom stereocenters. The zero-order chi connectivity index (χ0) is 35.9. The van der Waals surface area contributed by atoms with Crippen LogP contribution >= 0.6 is 10.0 Å². The first-order valence-electron chi connectivity index (χ1n) is 18.1. The summed E-state index contributed by atoms with van der Waals surface area (Å²) in [7, 11) is -1.91. The highest BCUT2D eigenvalue weighted by Crippen LogP contribution is 2.73.